The zero-order chi connectivity index (χ0) is 23.1. The van der Waals surface area contributed by atoms with Crippen molar-refractivity contribution in [3.05, 3.63) is 58.4 Å². The Morgan fingerprint density at radius 3 is 2.58 bits per heavy atom. The van der Waals surface area contributed by atoms with Gasteiger partial charge in [0.2, 0.25) is 11.8 Å². The molecule has 5 rings (SSSR count). The van der Waals surface area contributed by atoms with Crippen molar-refractivity contribution in [3.8, 4) is 0 Å². The van der Waals surface area contributed by atoms with Crippen molar-refractivity contribution in [2.24, 2.45) is 0 Å². The molecule has 0 spiro atoms. The second kappa shape index (κ2) is 8.70. The first-order valence-corrected chi connectivity index (χ1v) is 11.3. The van der Waals surface area contributed by atoms with Crippen molar-refractivity contribution in [1.29, 1.82) is 0 Å². The normalized spacial score (nSPS) is 20.0. The van der Waals surface area contributed by atoms with Gasteiger partial charge in [0, 0.05) is 36.7 Å². The lowest BCUT2D eigenvalue weighted by molar-refractivity contribution is -0.134. The number of nitrogens with one attached hydrogen (secondary N) is 1. The van der Waals surface area contributed by atoms with Gasteiger partial charge in [-0.05, 0) is 36.3 Å². The molecule has 1 aromatic carbocycles. The minimum absolute atomic E-state index is 0.173. The summed E-state index contributed by atoms with van der Waals surface area (Å²) in [5, 5.41) is 7.21. The highest BCUT2D eigenvalue weighted by Gasteiger charge is 2.32. The lowest BCUT2D eigenvalue weighted by Crippen LogP contribution is -2.39. The van der Waals surface area contributed by atoms with Crippen LogP contribution in [0.4, 0.5) is 14.6 Å². The van der Waals surface area contributed by atoms with E-state index in [0.29, 0.717) is 42.4 Å². The number of imide groups is 1. The summed E-state index contributed by atoms with van der Waals surface area (Å²) >= 11 is 6.77. The average Bonchev–Trinajstić information content (AvgIpc) is 3.28. The lowest BCUT2D eigenvalue weighted by atomic mass is 9.84. The van der Waals surface area contributed by atoms with Gasteiger partial charge in [0.25, 0.3) is 6.43 Å². The van der Waals surface area contributed by atoms with Crippen LogP contribution in [0.2, 0.25) is 5.02 Å². The van der Waals surface area contributed by atoms with Gasteiger partial charge in [-0.25, -0.2) is 13.8 Å². The van der Waals surface area contributed by atoms with Gasteiger partial charge >= 0.3 is 0 Å². The molecule has 7 nitrogen and oxygen atoms in total. The van der Waals surface area contributed by atoms with Gasteiger partial charge in [-0.15, -0.1) is 0 Å². The van der Waals surface area contributed by atoms with Crippen molar-refractivity contribution >= 4 is 34.9 Å². The van der Waals surface area contributed by atoms with Crippen LogP contribution in [0.3, 0.4) is 0 Å². The fraction of sp³-hybridized carbons (Fsp3) is 0.391. The molecule has 0 bridgehead atoms. The van der Waals surface area contributed by atoms with Crippen molar-refractivity contribution in [2.45, 2.75) is 43.9 Å². The highest BCUT2D eigenvalue weighted by molar-refractivity contribution is 6.32. The molecule has 2 fully saturated rings. The summed E-state index contributed by atoms with van der Waals surface area (Å²) in [6, 6.07) is 8.74. The molecule has 0 saturated carbocycles. The zero-order valence-corrected chi connectivity index (χ0v) is 18.4. The minimum Gasteiger partial charge on any atom is -0.356 e. The van der Waals surface area contributed by atoms with Gasteiger partial charge in [0.05, 0.1) is 12.1 Å². The molecule has 3 aromatic rings. The predicted octanol–water partition coefficient (Wildman–Crippen LogP) is 4.22. The number of carbonyl (C=O) groups is 2. The Hall–Kier alpha value is -3.07. The summed E-state index contributed by atoms with van der Waals surface area (Å²) in [6.07, 6.45) is 1.18. The van der Waals surface area contributed by atoms with Crippen molar-refractivity contribution in [3.63, 3.8) is 0 Å². The van der Waals surface area contributed by atoms with Crippen LogP contribution in [-0.4, -0.2) is 39.5 Å². The molecule has 0 radical (unpaired) electrons. The number of alkyl halides is 2. The molecule has 1 unspecified atom stereocenters. The van der Waals surface area contributed by atoms with Crippen molar-refractivity contribution < 1.29 is 18.4 Å². The Morgan fingerprint density at radius 2 is 1.85 bits per heavy atom. The number of hydrogen-bond donors (Lipinski definition) is 1. The maximum Gasteiger partial charge on any atom is 0.280 e. The van der Waals surface area contributed by atoms with Gasteiger partial charge < -0.3 is 4.90 Å². The largest absolute Gasteiger partial charge is 0.356 e. The third-order valence-electron chi connectivity index (χ3n) is 6.52. The van der Waals surface area contributed by atoms with Gasteiger partial charge in [-0.3, -0.25) is 14.9 Å². The van der Waals surface area contributed by atoms with E-state index in [4.69, 9.17) is 11.6 Å². The molecule has 33 heavy (non-hydrogen) atoms. The SMILES string of the molecule is O=C1CCC(c2cccc(C3CCN(c4cc(C(F)F)nc5ccnn45)CC3)c2Cl)C(=O)N1. The number of benzene rings is 1. The first-order valence-electron chi connectivity index (χ1n) is 10.9. The van der Waals surface area contributed by atoms with Gasteiger partial charge in [-0.1, -0.05) is 29.8 Å². The van der Waals surface area contributed by atoms with E-state index in [2.05, 4.69) is 15.4 Å². The molecule has 2 aliphatic heterocycles. The number of fused-ring (bicyclic) bond motifs is 1. The number of halogens is 3. The molecule has 2 amide bonds. The highest BCUT2D eigenvalue weighted by atomic mass is 35.5. The first kappa shape index (κ1) is 21.8. The third-order valence-corrected chi connectivity index (χ3v) is 6.95. The van der Waals surface area contributed by atoms with E-state index >= 15 is 0 Å². The van der Waals surface area contributed by atoms with E-state index < -0.39 is 12.3 Å². The molecule has 0 aliphatic carbocycles. The summed E-state index contributed by atoms with van der Waals surface area (Å²) in [4.78, 5) is 29.9. The standard InChI is InChI=1S/C23H22ClF2N5O2/c24-21-14(2-1-3-15(21)16-4-5-19(32)29-23(16)33)13-7-10-30(11-8-13)20-12-17(22(25)26)28-18-6-9-27-31(18)20/h1-3,6,9,12-13,16,22H,4-5,7-8,10-11H2,(H,29,32,33). The highest BCUT2D eigenvalue weighted by Crippen LogP contribution is 2.39. The van der Waals surface area contributed by atoms with E-state index in [1.54, 1.807) is 16.8 Å². The first-order chi connectivity index (χ1) is 15.9. The maximum atomic E-state index is 13.3. The quantitative estimate of drug-likeness (QED) is 0.574. The average molecular weight is 474 g/mol. The Bertz CT molecular complexity index is 1220. The Balaban J connectivity index is 1.36. The summed E-state index contributed by atoms with van der Waals surface area (Å²) < 4.78 is 28.3. The van der Waals surface area contributed by atoms with Crippen LogP contribution in [0.5, 0.6) is 0 Å². The molecular formula is C23H22ClF2N5O2. The smallest absolute Gasteiger partial charge is 0.280 e. The van der Waals surface area contributed by atoms with E-state index in [-0.39, 0.29) is 23.4 Å². The maximum absolute atomic E-state index is 13.3. The van der Waals surface area contributed by atoms with Crippen LogP contribution in [0.15, 0.2) is 36.5 Å². The van der Waals surface area contributed by atoms with E-state index in [0.717, 1.165) is 24.0 Å². The number of piperidine rings is 2. The fourth-order valence-corrected chi connectivity index (χ4v) is 5.23. The second-order valence-electron chi connectivity index (χ2n) is 8.46. The molecule has 1 N–H and O–H groups in total. The molecule has 172 valence electrons. The van der Waals surface area contributed by atoms with Gasteiger partial charge in [-0.2, -0.15) is 9.61 Å². The molecule has 4 heterocycles. The van der Waals surface area contributed by atoms with Crippen LogP contribution in [0, 0.1) is 0 Å². The number of nitrogens with zero attached hydrogens (tertiary/aromatic N) is 4. The predicted molar refractivity (Wildman–Crippen MR) is 119 cm³/mol. The molecule has 1 atom stereocenters. The molecule has 2 saturated heterocycles. The van der Waals surface area contributed by atoms with Gasteiger partial charge in [0.15, 0.2) is 5.65 Å². The lowest BCUT2D eigenvalue weighted by Gasteiger charge is -2.34. The van der Waals surface area contributed by atoms with E-state index in [1.807, 2.05) is 23.1 Å². The monoisotopic (exact) mass is 473 g/mol. The molecule has 2 aromatic heterocycles. The Kier molecular flexibility index (Phi) is 5.74. The number of aromatic nitrogens is 3. The fourth-order valence-electron chi connectivity index (χ4n) is 4.82. The minimum atomic E-state index is -2.66. The summed E-state index contributed by atoms with van der Waals surface area (Å²) in [5.74, 6) is -0.231. The topological polar surface area (TPSA) is 79.6 Å². The molecular weight excluding hydrogens is 452 g/mol. The van der Waals surface area contributed by atoms with Crippen LogP contribution in [0.1, 0.15) is 60.8 Å². The zero-order valence-electron chi connectivity index (χ0n) is 17.7. The number of amides is 2. The van der Waals surface area contributed by atoms with Crippen molar-refractivity contribution in [1.82, 2.24) is 19.9 Å². The summed E-state index contributed by atoms with van der Waals surface area (Å²) in [5.41, 5.74) is 1.85. The Morgan fingerprint density at radius 1 is 1.09 bits per heavy atom. The third kappa shape index (κ3) is 4.06. The second-order valence-corrected chi connectivity index (χ2v) is 8.83. The van der Waals surface area contributed by atoms with Crippen LogP contribution < -0.4 is 10.2 Å². The van der Waals surface area contributed by atoms with Gasteiger partial charge in [0.1, 0.15) is 11.5 Å². The molecule has 10 heteroatoms. The summed E-state index contributed by atoms with van der Waals surface area (Å²) in [7, 11) is 0. The number of hydrogen-bond acceptors (Lipinski definition) is 5. The van der Waals surface area contributed by atoms with Crippen LogP contribution in [-0.2, 0) is 9.59 Å². The van der Waals surface area contributed by atoms with Crippen molar-refractivity contribution in [2.75, 3.05) is 18.0 Å². The molecule has 2 aliphatic rings. The number of carbonyl (C=O) groups excluding carboxylic acids is 2. The number of rotatable bonds is 4. The number of anilines is 1. The summed E-state index contributed by atoms with van der Waals surface area (Å²) in [6.45, 7) is 1.29. The van der Waals surface area contributed by atoms with Crippen LogP contribution in [0.25, 0.3) is 5.65 Å². The van der Waals surface area contributed by atoms with E-state index in [9.17, 15) is 18.4 Å². The van der Waals surface area contributed by atoms with Crippen LogP contribution >= 0.6 is 11.6 Å². The Labute approximate surface area is 193 Å². The van der Waals surface area contributed by atoms with E-state index in [1.165, 1.54) is 6.07 Å².